The molecule has 1 amide bonds. The van der Waals surface area contributed by atoms with E-state index >= 15 is 0 Å². The standard InChI is InChI=1S/C14H12F2N2O2/c1-20-11-5-3-2-4-9(11)8-18-14(19)10-6-7-17-13(16)12(10)15/h2-7H,8H2,1H3,(H,18,19). The van der Waals surface area contributed by atoms with E-state index in [0.717, 1.165) is 17.8 Å². The molecule has 1 aromatic heterocycles. The number of carbonyl (C=O) groups is 1. The number of nitrogens with one attached hydrogen (secondary N) is 1. The highest BCUT2D eigenvalue weighted by Gasteiger charge is 2.16. The summed E-state index contributed by atoms with van der Waals surface area (Å²) < 4.78 is 31.5. The maximum Gasteiger partial charge on any atom is 0.254 e. The number of carbonyl (C=O) groups excluding carboxylic acids is 1. The van der Waals surface area contributed by atoms with Crippen LogP contribution >= 0.6 is 0 Å². The molecule has 104 valence electrons. The normalized spacial score (nSPS) is 10.2. The molecular formula is C14H12F2N2O2. The first kappa shape index (κ1) is 13.9. The van der Waals surface area contributed by atoms with Crippen molar-refractivity contribution in [2.24, 2.45) is 0 Å². The molecule has 4 nitrogen and oxygen atoms in total. The maximum atomic E-state index is 13.4. The summed E-state index contributed by atoms with van der Waals surface area (Å²) >= 11 is 0. The lowest BCUT2D eigenvalue weighted by atomic mass is 10.2. The van der Waals surface area contributed by atoms with Gasteiger partial charge in [0, 0.05) is 18.3 Å². The topological polar surface area (TPSA) is 51.2 Å². The van der Waals surface area contributed by atoms with Crippen LogP contribution < -0.4 is 10.1 Å². The number of ether oxygens (including phenoxy) is 1. The molecule has 1 heterocycles. The minimum absolute atomic E-state index is 0.145. The summed E-state index contributed by atoms with van der Waals surface area (Å²) in [6.07, 6.45) is 1.04. The lowest BCUT2D eigenvalue weighted by Gasteiger charge is -2.09. The van der Waals surface area contributed by atoms with Crippen LogP contribution in [0.15, 0.2) is 36.5 Å². The number of pyridine rings is 1. The van der Waals surface area contributed by atoms with Crippen LogP contribution in [-0.2, 0) is 6.54 Å². The fourth-order valence-electron chi connectivity index (χ4n) is 1.71. The predicted molar refractivity (Wildman–Crippen MR) is 68.3 cm³/mol. The molecule has 20 heavy (non-hydrogen) atoms. The van der Waals surface area contributed by atoms with Crippen LogP contribution in [0.25, 0.3) is 0 Å². The molecule has 6 heteroatoms. The number of nitrogens with zero attached hydrogens (tertiary/aromatic N) is 1. The van der Waals surface area contributed by atoms with Gasteiger partial charge in [0.2, 0.25) is 5.95 Å². The van der Waals surface area contributed by atoms with Crippen LogP contribution in [0.3, 0.4) is 0 Å². The van der Waals surface area contributed by atoms with Crippen LogP contribution in [0.5, 0.6) is 5.75 Å². The largest absolute Gasteiger partial charge is 0.496 e. The van der Waals surface area contributed by atoms with Gasteiger partial charge >= 0.3 is 0 Å². The Balaban J connectivity index is 2.11. The van der Waals surface area contributed by atoms with Gasteiger partial charge in [-0.3, -0.25) is 4.79 Å². The molecule has 2 rings (SSSR count). The lowest BCUT2D eigenvalue weighted by Crippen LogP contribution is -2.24. The Morgan fingerprint density at radius 1 is 1.30 bits per heavy atom. The number of methoxy groups -OCH3 is 1. The SMILES string of the molecule is COc1ccccc1CNC(=O)c1ccnc(F)c1F. The first-order valence-corrected chi connectivity index (χ1v) is 5.83. The van der Waals surface area contributed by atoms with Crippen molar-refractivity contribution >= 4 is 5.91 Å². The van der Waals surface area contributed by atoms with Gasteiger partial charge < -0.3 is 10.1 Å². The second-order valence-electron chi connectivity index (χ2n) is 3.96. The minimum Gasteiger partial charge on any atom is -0.496 e. The molecule has 1 N–H and O–H groups in total. The second-order valence-corrected chi connectivity index (χ2v) is 3.96. The van der Waals surface area contributed by atoms with Gasteiger partial charge in [0.05, 0.1) is 12.7 Å². The molecule has 0 unspecified atom stereocenters. The average molecular weight is 278 g/mol. The monoisotopic (exact) mass is 278 g/mol. The summed E-state index contributed by atoms with van der Waals surface area (Å²) in [7, 11) is 1.51. The van der Waals surface area contributed by atoms with Crippen LogP contribution in [-0.4, -0.2) is 18.0 Å². The Hall–Kier alpha value is -2.50. The molecule has 0 bridgehead atoms. The Morgan fingerprint density at radius 2 is 2.05 bits per heavy atom. The highest BCUT2D eigenvalue weighted by Crippen LogP contribution is 2.17. The third-order valence-corrected chi connectivity index (χ3v) is 2.72. The number of halogens is 2. The van der Waals surface area contributed by atoms with E-state index in [1.807, 2.05) is 0 Å². The molecule has 0 fully saturated rings. The van der Waals surface area contributed by atoms with Crippen LogP contribution in [0.1, 0.15) is 15.9 Å². The van der Waals surface area contributed by atoms with Gasteiger partial charge in [0.15, 0.2) is 5.82 Å². The molecule has 0 aliphatic carbocycles. The first-order chi connectivity index (χ1) is 9.63. The quantitative estimate of drug-likeness (QED) is 0.873. The van der Waals surface area contributed by atoms with Gasteiger partial charge in [-0.1, -0.05) is 18.2 Å². The van der Waals surface area contributed by atoms with Crippen molar-refractivity contribution in [2.75, 3.05) is 7.11 Å². The van der Waals surface area contributed by atoms with Gasteiger partial charge in [-0.15, -0.1) is 0 Å². The van der Waals surface area contributed by atoms with E-state index in [-0.39, 0.29) is 12.1 Å². The molecule has 0 spiro atoms. The number of rotatable bonds is 4. The van der Waals surface area contributed by atoms with Crippen molar-refractivity contribution < 1.29 is 18.3 Å². The summed E-state index contributed by atoms with van der Waals surface area (Å²) in [6, 6.07) is 8.21. The van der Waals surface area contributed by atoms with Gasteiger partial charge in [-0.2, -0.15) is 4.39 Å². The van der Waals surface area contributed by atoms with E-state index in [9.17, 15) is 13.6 Å². The van der Waals surface area contributed by atoms with Crippen molar-refractivity contribution in [3.8, 4) is 5.75 Å². The average Bonchev–Trinajstić information content (AvgIpc) is 2.48. The molecule has 0 saturated carbocycles. The summed E-state index contributed by atoms with van der Waals surface area (Å²) in [5.74, 6) is -2.66. The van der Waals surface area contributed by atoms with E-state index in [4.69, 9.17) is 4.74 Å². The van der Waals surface area contributed by atoms with Crippen LogP contribution in [0, 0.1) is 11.8 Å². The van der Waals surface area contributed by atoms with E-state index < -0.39 is 17.7 Å². The summed E-state index contributed by atoms with van der Waals surface area (Å²) in [5, 5.41) is 2.50. The maximum absolute atomic E-state index is 13.4. The van der Waals surface area contributed by atoms with Crippen molar-refractivity contribution in [3.63, 3.8) is 0 Å². The first-order valence-electron chi connectivity index (χ1n) is 5.83. The Labute approximate surface area is 114 Å². The smallest absolute Gasteiger partial charge is 0.254 e. The van der Waals surface area contributed by atoms with Crippen molar-refractivity contribution in [1.82, 2.24) is 10.3 Å². The zero-order valence-corrected chi connectivity index (χ0v) is 10.7. The van der Waals surface area contributed by atoms with Crippen LogP contribution in [0.2, 0.25) is 0 Å². The number of aromatic nitrogens is 1. The fraction of sp³-hybridized carbons (Fsp3) is 0.143. The van der Waals surface area contributed by atoms with Gasteiger partial charge in [0.25, 0.3) is 5.91 Å². The molecule has 0 aliphatic heterocycles. The highest BCUT2D eigenvalue weighted by atomic mass is 19.2. The third-order valence-electron chi connectivity index (χ3n) is 2.72. The number of amides is 1. The highest BCUT2D eigenvalue weighted by molar-refractivity contribution is 5.94. The van der Waals surface area contributed by atoms with Crippen molar-refractivity contribution in [2.45, 2.75) is 6.54 Å². The lowest BCUT2D eigenvalue weighted by molar-refractivity contribution is 0.0945. The predicted octanol–water partition coefficient (Wildman–Crippen LogP) is 2.30. The molecule has 0 aliphatic rings. The molecule has 1 aromatic carbocycles. The van der Waals surface area contributed by atoms with E-state index in [2.05, 4.69) is 10.3 Å². The summed E-state index contributed by atoms with van der Waals surface area (Å²) in [4.78, 5) is 14.9. The Morgan fingerprint density at radius 3 is 2.80 bits per heavy atom. The molecule has 0 radical (unpaired) electrons. The third kappa shape index (κ3) is 2.90. The Bertz CT molecular complexity index is 632. The summed E-state index contributed by atoms with van der Waals surface area (Å²) in [5.41, 5.74) is 0.352. The fourth-order valence-corrected chi connectivity index (χ4v) is 1.71. The Kier molecular flexibility index (Phi) is 4.24. The minimum atomic E-state index is -1.30. The van der Waals surface area contributed by atoms with Gasteiger partial charge in [0.1, 0.15) is 5.75 Å². The van der Waals surface area contributed by atoms with E-state index in [0.29, 0.717) is 5.75 Å². The van der Waals surface area contributed by atoms with E-state index in [1.165, 1.54) is 7.11 Å². The van der Waals surface area contributed by atoms with Crippen LogP contribution in [0.4, 0.5) is 8.78 Å². The van der Waals surface area contributed by atoms with Crippen molar-refractivity contribution in [3.05, 3.63) is 59.4 Å². The molecular weight excluding hydrogens is 266 g/mol. The van der Waals surface area contributed by atoms with E-state index in [1.54, 1.807) is 24.3 Å². The van der Waals surface area contributed by atoms with Gasteiger partial charge in [-0.05, 0) is 12.1 Å². The number of para-hydroxylation sites is 1. The van der Waals surface area contributed by atoms with Gasteiger partial charge in [-0.25, -0.2) is 9.37 Å². The van der Waals surface area contributed by atoms with Crippen molar-refractivity contribution in [1.29, 1.82) is 0 Å². The number of hydrogen-bond donors (Lipinski definition) is 1. The molecule has 2 aromatic rings. The molecule has 0 saturated heterocycles. The number of hydrogen-bond acceptors (Lipinski definition) is 3. The zero-order valence-electron chi connectivity index (χ0n) is 10.7. The number of benzene rings is 1. The summed E-state index contributed by atoms with van der Waals surface area (Å²) in [6.45, 7) is 0.145. The zero-order chi connectivity index (χ0) is 14.5. The molecule has 0 atom stereocenters. The second kappa shape index (κ2) is 6.10.